The van der Waals surface area contributed by atoms with Crippen LogP contribution in [0.1, 0.15) is 24.5 Å². The van der Waals surface area contributed by atoms with E-state index in [1.165, 1.54) is 16.8 Å². The smallest absolute Gasteiger partial charge is 0.0638 e. The Bertz CT molecular complexity index is 461. The normalized spacial score (nSPS) is 23.8. The molecule has 0 saturated carbocycles. The monoisotopic (exact) mass is 243 g/mol. The standard InChI is InChI=1S/C15H21N3/c1-11-4-5-15(12(2)8-11)18-9-13(3)17-14(10-18)6-7-16/h4-5,8,13-14,17H,6,9-10H2,1-3H3. The Morgan fingerprint density at radius 1 is 1.39 bits per heavy atom. The van der Waals surface area contributed by atoms with Gasteiger partial charge in [0.05, 0.1) is 12.5 Å². The molecule has 0 radical (unpaired) electrons. The minimum absolute atomic E-state index is 0.277. The van der Waals surface area contributed by atoms with E-state index in [2.05, 4.69) is 55.3 Å². The van der Waals surface area contributed by atoms with E-state index in [0.29, 0.717) is 12.5 Å². The summed E-state index contributed by atoms with van der Waals surface area (Å²) in [6.07, 6.45) is 0.575. The fraction of sp³-hybridized carbons (Fsp3) is 0.533. The van der Waals surface area contributed by atoms with Crippen LogP contribution in [-0.2, 0) is 0 Å². The molecule has 1 saturated heterocycles. The van der Waals surface area contributed by atoms with E-state index in [-0.39, 0.29) is 6.04 Å². The number of benzene rings is 1. The molecule has 1 aromatic carbocycles. The van der Waals surface area contributed by atoms with Crippen LogP contribution in [0.2, 0.25) is 0 Å². The molecular formula is C15H21N3. The molecule has 0 amide bonds. The lowest BCUT2D eigenvalue weighted by molar-refractivity contribution is 0.391. The molecule has 0 bridgehead atoms. The number of aryl methyl sites for hydroxylation is 2. The quantitative estimate of drug-likeness (QED) is 0.867. The number of nitrogens with one attached hydrogen (secondary N) is 1. The third-order valence-corrected chi connectivity index (χ3v) is 3.49. The molecule has 1 N–H and O–H groups in total. The van der Waals surface area contributed by atoms with Crippen molar-refractivity contribution in [2.24, 2.45) is 0 Å². The second-order valence-corrected chi connectivity index (χ2v) is 5.32. The van der Waals surface area contributed by atoms with Crippen molar-refractivity contribution in [3.8, 4) is 6.07 Å². The molecule has 1 aliphatic rings. The van der Waals surface area contributed by atoms with Crippen molar-refractivity contribution >= 4 is 5.69 Å². The highest BCUT2D eigenvalue weighted by Gasteiger charge is 2.24. The molecule has 18 heavy (non-hydrogen) atoms. The first-order valence-corrected chi connectivity index (χ1v) is 6.55. The van der Waals surface area contributed by atoms with Crippen LogP contribution in [0.4, 0.5) is 5.69 Å². The Kier molecular flexibility index (Phi) is 3.88. The molecule has 2 rings (SSSR count). The predicted molar refractivity (Wildman–Crippen MR) is 74.7 cm³/mol. The van der Waals surface area contributed by atoms with Gasteiger partial charge < -0.3 is 10.2 Å². The van der Waals surface area contributed by atoms with Gasteiger partial charge in [-0.05, 0) is 32.4 Å². The lowest BCUT2D eigenvalue weighted by Gasteiger charge is -2.39. The van der Waals surface area contributed by atoms with Crippen LogP contribution < -0.4 is 10.2 Å². The highest BCUT2D eigenvalue weighted by atomic mass is 15.2. The zero-order chi connectivity index (χ0) is 13.1. The molecule has 3 nitrogen and oxygen atoms in total. The van der Waals surface area contributed by atoms with Crippen molar-refractivity contribution in [1.82, 2.24) is 5.32 Å². The highest BCUT2D eigenvalue weighted by Crippen LogP contribution is 2.23. The van der Waals surface area contributed by atoms with Crippen molar-refractivity contribution in [2.75, 3.05) is 18.0 Å². The Labute approximate surface area is 109 Å². The molecule has 3 heteroatoms. The molecule has 96 valence electrons. The largest absolute Gasteiger partial charge is 0.368 e. The summed E-state index contributed by atoms with van der Waals surface area (Å²) in [6, 6.07) is 9.56. The van der Waals surface area contributed by atoms with Crippen LogP contribution in [0.15, 0.2) is 18.2 Å². The first-order valence-electron chi connectivity index (χ1n) is 6.55. The first kappa shape index (κ1) is 12.9. The van der Waals surface area contributed by atoms with Crippen LogP contribution in [0.3, 0.4) is 0 Å². The lowest BCUT2D eigenvalue weighted by Crippen LogP contribution is -2.55. The van der Waals surface area contributed by atoms with Crippen LogP contribution >= 0.6 is 0 Å². The summed E-state index contributed by atoms with van der Waals surface area (Å²) in [4.78, 5) is 2.40. The molecule has 0 aromatic heterocycles. The van der Waals surface area contributed by atoms with Crippen molar-refractivity contribution in [2.45, 2.75) is 39.3 Å². The van der Waals surface area contributed by atoms with Gasteiger partial charge in [0.1, 0.15) is 0 Å². The van der Waals surface area contributed by atoms with E-state index in [4.69, 9.17) is 5.26 Å². The Balaban J connectivity index is 2.19. The zero-order valence-electron chi connectivity index (χ0n) is 11.4. The van der Waals surface area contributed by atoms with Gasteiger partial charge in [-0.25, -0.2) is 0 Å². The fourth-order valence-corrected chi connectivity index (χ4v) is 2.77. The molecule has 0 aliphatic carbocycles. The van der Waals surface area contributed by atoms with E-state index in [0.717, 1.165) is 13.1 Å². The minimum atomic E-state index is 0.277. The Morgan fingerprint density at radius 2 is 2.17 bits per heavy atom. The average molecular weight is 243 g/mol. The number of hydrogen-bond donors (Lipinski definition) is 1. The molecule has 2 atom stereocenters. The van der Waals surface area contributed by atoms with E-state index in [1.807, 2.05) is 0 Å². The minimum Gasteiger partial charge on any atom is -0.368 e. The van der Waals surface area contributed by atoms with Crippen molar-refractivity contribution in [3.63, 3.8) is 0 Å². The maximum absolute atomic E-state index is 8.84. The third kappa shape index (κ3) is 2.83. The van der Waals surface area contributed by atoms with Gasteiger partial charge in [0.2, 0.25) is 0 Å². The van der Waals surface area contributed by atoms with Gasteiger partial charge in [-0.15, -0.1) is 0 Å². The van der Waals surface area contributed by atoms with Crippen LogP contribution in [0.5, 0.6) is 0 Å². The van der Waals surface area contributed by atoms with Gasteiger partial charge in [0.15, 0.2) is 0 Å². The van der Waals surface area contributed by atoms with E-state index >= 15 is 0 Å². The second-order valence-electron chi connectivity index (χ2n) is 5.32. The number of nitrogens with zero attached hydrogens (tertiary/aromatic N) is 2. The first-order chi connectivity index (χ1) is 8.60. The molecule has 0 spiro atoms. The third-order valence-electron chi connectivity index (χ3n) is 3.49. The van der Waals surface area contributed by atoms with Gasteiger partial charge in [0.25, 0.3) is 0 Å². The molecule has 1 aliphatic heterocycles. The van der Waals surface area contributed by atoms with Gasteiger partial charge in [-0.3, -0.25) is 0 Å². The van der Waals surface area contributed by atoms with Crippen LogP contribution in [0.25, 0.3) is 0 Å². The number of anilines is 1. The molecule has 1 aromatic rings. The van der Waals surface area contributed by atoms with E-state index in [9.17, 15) is 0 Å². The topological polar surface area (TPSA) is 39.1 Å². The summed E-state index contributed by atoms with van der Waals surface area (Å²) in [5.41, 5.74) is 3.92. The summed E-state index contributed by atoms with van der Waals surface area (Å²) in [6.45, 7) is 8.39. The van der Waals surface area contributed by atoms with E-state index in [1.54, 1.807) is 0 Å². The Morgan fingerprint density at radius 3 is 2.83 bits per heavy atom. The number of piperazine rings is 1. The second kappa shape index (κ2) is 5.41. The average Bonchev–Trinajstić information content (AvgIpc) is 2.28. The maximum atomic E-state index is 8.84. The summed E-state index contributed by atoms with van der Waals surface area (Å²) < 4.78 is 0. The molecule has 2 unspecified atom stereocenters. The van der Waals surface area contributed by atoms with Crippen LogP contribution in [0, 0.1) is 25.2 Å². The van der Waals surface area contributed by atoms with Gasteiger partial charge in [-0.2, -0.15) is 5.26 Å². The summed E-state index contributed by atoms with van der Waals surface area (Å²) in [5.74, 6) is 0. The fourth-order valence-electron chi connectivity index (χ4n) is 2.77. The number of rotatable bonds is 2. The van der Waals surface area contributed by atoms with Crippen molar-refractivity contribution in [1.29, 1.82) is 5.26 Å². The summed E-state index contributed by atoms with van der Waals surface area (Å²) in [7, 11) is 0. The summed E-state index contributed by atoms with van der Waals surface area (Å²) in [5, 5.41) is 12.3. The van der Waals surface area contributed by atoms with Crippen molar-refractivity contribution in [3.05, 3.63) is 29.3 Å². The zero-order valence-corrected chi connectivity index (χ0v) is 11.4. The maximum Gasteiger partial charge on any atom is 0.0638 e. The highest BCUT2D eigenvalue weighted by molar-refractivity contribution is 5.55. The van der Waals surface area contributed by atoms with E-state index < -0.39 is 0 Å². The number of nitriles is 1. The van der Waals surface area contributed by atoms with Gasteiger partial charge >= 0.3 is 0 Å². The summed E-state index contributed by atoms with van der Waals surface area (Å²) >= 11 is 0. The number of hydrogen-bond acceptors (Lipinski definition) is 3. The molecule has 1 fully saturated rings. The predicted octanol–water partition coefficient (Wildman–Crippen LogP) is 2.38. The van der Waals surface area contributed by atoms with Crippen molar-refractivity contribution < 1.29 is 0 Å². The van der Waals surface area contributed by atoms with Crippen LogP contribution in [-0.4, -0.2) is 25.2 Å². The van der Waals surface area contributed by atoms with Gasteiger partial charge in [-0.1, -0.05) is 17.7 Å². The lowest BCUT2D eigenvalue weighted by atomic mass is 10.0. The van der Waals surface area contributed by atoms with Gasteiger partial charge in [0, 0.05) is 30.9 Å². The SMILES string of the molecule is Cc1ccc(N2CC(C)NC(CC#N)C2)c(C)c1. The molecule has 1 heterocycles. The molecular weight excluding hydrogens is 222 g/mol. The Hall–Kier alpha value is -1.53.